The first-order valence-corrected chi connectivity index (χ1v) is 13.8. The molecule has 2 fully saturated rings. The topological polar surface area (TPSA) is 128 Å². The van der Waals surface area contributed by atoms with Crippen molar-refractivity contribution in [3.05, 3.63) is 35.9 Å². The van der Waals surface area contributed by atoms with Crippen molar-refractivity contribution in [2.45, 2.75) is 85.0 Å². The normalized spacial score (nSPS) is 25.8. The minimum Gasteiger partial charge on any atom is -0.349 e. The number of hydrogen-bond acceptors (Lipinski definition) is 5. The van der Waals surface area contributed by atoms with E-state index in [4.69, 9.17) is 0 Å². The molecule has 0 saturated carbocycles. The molecule has 214 valence electrons. The zero-order valence-electron chi connectivity index (χ0n) is 24.0. The minimum absolute atomic E-state index is 0.0833. The molecule has 1 aromatic rings. The Morgan fingerprint density at radius 3 is 2.28 bits per heavy atom. The molecule has 0 aromatic heterocycles. The van der Waals surface area contributed by atoms with Gasteiger partial charge in [0.2, 0.25) is 29.5 Å². The van der Waals surface area contributed by atoms with Gasteiger partial charge in [0.25, 0.3) is 0 Å². The Labute approximate surface area is 231 Å². The number of amides is 5. The molecule has 3 N–H and O–H groups in total. The lowest BCUT2D eigenvalue weighted by molar-refractivity contribution is -0.144. The highest BCUT2D eigenvalue weighted by molar-refractivity contribution is 5.95. The van der Waals surface area contributed by atoms with Crippen LogP contribution in [0.1, 0.15) is 59.9 Å². The number of hydrogen-bond donors (Lipinski definition) is 3. The highest BCUT2D eigenvalue weighted by Gasteiger charge is 2.39. The summed E-state index contributed by atoms with van der Waals surface area (Å²) in [6.07, 6.45) is 1.55. The Kier molecular flexibility index (Phi) is 9.74. The predicted molar refractivity (Wildman–Crippen MR) is 147 cm³/mol. The Morgan fingerprint density at radius 1 is 1.00 bits per heavy atom. The molecule has 1 aromatic carbocycles. The largest absolute Gasteiger partial charge is 0.349 e. The molecule has 2 heterocycles. The number of nitrogens with zero attached hydrogens (tertiary/aromatic N) is 2. The van der Waals surface area contributed by atoms with E-state index in [9.17, 15) is 24.0 Å². The molecule has 0 spiro atoms. The van der Waals surface area contributed by atoms with Crippen LogP contribution >= 0.6 is 0 Å². The van der Waals surface area contributed by atoms with E-state index in [-0.39, 0.29) is 42.6 Å². The average molecular weight is 542 g/mol. The third kappa shape index (κ3) is 7.80. The highest BCUT2D eigenvalue weighted by atomic mass is 16.2. The van der Waals surface area contributed by atoms with Gasteiger partial charge in [0, 0.05) is 18.5 Å². The molecule has 0 aliphatic carbocycles. The van der Waals surface area contributed by atoms with Gasteiger partial charge in [0.15, 0.2) is 0 Å². The van der Waals surface area contributed by atoms with Crippen molar-refractivity contribution in [3.8, 4) is 0 Å². The fourth-order valence-corrected chi connectivity index (χ4v) is 5.17. The van der Waals surface area contributed by atoms with Gasteiger partial charge in [-0.05, 0) is 37.7 Å². The molecule has 3 rings (SSSR count). The average Bonchev–Trinajstić information content (AvgIpc) is 3.35. The van der Waals surface area contributed by atoms with E-state index in [1.54, 1.807) is 27.7 Å². The van der Waals surface area contributed by atoms with Gasteiger partial charge in [-0.25, -0.2) is 0 Å². The van der Waals surface area contributed by atoms with E-state index < -0.39 is 35.5 Å². The Morgan fingerprint density at radius 2 is 1.67 bits per heavy atom. The van der Waals surface area contributed by atoms with Crippen LogP contribution in [-0.4, -0.2) is 83.1 Å². The van der Waals surface area contributed by atoms with Crippen LogP contribution in [0.2, 0.25) is 0 Å². The molecular formula is C29H43N5O5. The zero-order valence-corrected chi connectivity index (χ0v) is 24.0. The van der Waals surface area contributed by atoms with Crippen LogP contribution in [0.25, 0.3) is 0 Å². The predicted octanol–water partition coefficient (Wildman–Crippen LogP) is 1.24. The summed E-state index contributed by atoms with van der Waals surface area (Å²) in [5.74, 6) is -2.06. The summed E-state index contributed by atoms with van der Waals surface area (Å²) in [5.41, 5.74) is 0.183. The third-order valence-electron chi connectivity index (χ3n) is 7.21. The van der Waals surface area contributed by atoms with Gasteiger partial charge in [-0.1, -0.05) is 65.0 Å². The third-order valence-corrected chi connectivity index (χ3v) is 7.21. The summed E-state index contributed by atoms with van der Waals surface area (Å²) in [5, 5.41) is 8.66. The first kappa shape index (κ1) is 30.1. The molecule has 4 atom stereocenters. The van der Waals surface area contributed by atoms with Crippen LogP contribution < -0.4 is 16.0 Å². The van der Waals surface area contributed by atoms with Crippen molar-refractivity contribution in [1.82, 2.24) is 25.8 Å². The molecule has 2 aliphatic heterocycles. The smallest absolute Gasteiger partial charge is 0.245 e. The van der Waals surface area contributed by atoms with Crippen LogP contribution in [0.15, 0.2) is 30.3 Å². The number of benzene rings is 1. The van der Waals surface area contributed by atoms with Gasteiger partial charge in [-0.3, -0.25) is 24.0 Å². The summed E-state index contributed by atoms with van der Waals surface area (Å²) < 4.78 is 0. The van der Waals surface area contributed by atoms with Gasteiger partial charge < -0.3 is 25.8 Å². The second-order valence-corrected chi connectivity index (χ2v) is 12.0. The number of carbonyl (C=O) groups is 5. The lowest BCUT2D eigenvalue weighted by atomic mass is 9.94. The molecule has 2 saturated heterocycles. The number of fused-ring (bicyclic) bond motifs is 1. The lowest BCUT2D eigenvalue weighted by Gasteiger charge is -2.33. The highest BCUT2D eigenvalue weighted by Crippen LogP contribution is 2.21. The van der Waals surface area contributed by atoms with Crippen LogP contribution in [-0.2, 0) is 30.4 Å². The quantitative estimate of drug-likeness (QED) is 0.531. The van der Waals surface area contributed by atoms with Crippen molar-refractivity contribution in [3.63, 3.8) is 0 Å². The summed E-state index contributed by atoms with van der Waals surface area (Å²) in [7, 11) is 0. The second-order valence-electron chi connectivity index (χ2n) is 12.0. The van der Waals surface area contributed by atoms with E-state index in [1.165, 1.54) is 9.80 Å². The Balaban J connectivity index is 2.01. The first-order valence-electron chi connectivity index (χ1n) is 13.8. The van der Waals surface area contributed by atoms with Crippen molar-refractivity contribution in [2.75, 3.05) is 19.6 Å². The maximum atomic E-state index is 13.6. The van der Waals surface area contributed by atoms with E-state index in [0.29, 0.717) is 25.8 Å². The zero-order chi connectivity index (χ0) is 28.9. The molecule has 0 bridgehead atoms. The summed E-state index contributed by atoms with van der Waals surface area (Å²) in [6.45, 7) is 10.8. The van der Waals surface area contributed by atoms with Gasteiger partial charge in [-0.15, -0.1) is 0 Å². The fraction of sp³-hybridized carbons (Fsp3) is 0.621. The van der Waals surface area contributed by atoms with Gasteiger partial charge in [-0.2, -0.15) is 0 Å². The second kappa shape index (κ2) is 12.6. The van der Waals surface area contributed by atoms with Crippen molar-refractivity contribution >= 4 is 29.5 Å². The minimum atomic E-state index is -0.872. The van der Waals surface area contributed by atoms with Crippen molar-refractivity contribution < 1.29 is 24.0 Å². The standard InChI is InChI=1S/C29H43N5O5/c1-18(2)24-26(37)31-21(15-20-11-8-7-9-12-20)16-33(28(39)29(4,5)6)17-23(35)30-19(3)27(38)34-14-10-13-22(34)25(36)32-24/h7-9,11-12,18-19,21-22,24H,10,13-17H2,1-6H3,(H,30,35)(H,31,37)(H,32,36)/t19-,21-,22+,24-/m0/s1. The van der Waals surface area contributed by atoms with E-state index in [1.807, 2.05) is 44.2 Å². The maximum absolute atomic E-state index is 13.6. The van der Waals surface area contributed by atoms with E-state index in [0.717, 1.165) is 5.56 Å². The lowest BCUT2D eigenvalue weighted by Crippen LogP contribution is -2.58. The van der Waals surface area contributed by atoms with Crippen LogP contribution in [0.4, 0.5) is 0 Å². The number of nitrogens with one attached hydrogen (secondary N) is 3. The van der Waals surface area contributed by atoms with Gasteiger partial charge in [0.1, 0.15) is 18.1 Å². The molecule has 0 radical (unpaired) electrons. The van der Waals surface area contributed by atoms with Crippen LogP contribution in [0, 0.1) is 11.3 Å². The summed E-state index contributed by atoms with van der Waals surface area (Å²) >= 11 is 0. The van der Waals surface area contributed by atoms with Crippen molar-refractivity contribution in [1.29, 1.82) is 0 Å². The maximum Gasteiger partial charge on any atom is 0.245 e. The summed E-state index contributed by atoms with van der Waals surface area (Å²) in [6, 6.07) is 6.64. The fourth-order valence-electron chi connectivity index (χ4n) is 5.17. The molecule has 10 nitrogen and oxygen atoms in total. The van der Waals surface area contributed by atoms with Gasteiger partial charge >= 0.3 is 0 Å². The molecular weight excluding hydrogens is 498 g/mol. The first-order chi connectivity index (χ1) is 18.3. The number of rotatable bonds is 3. The van der Waals surface area contributed by atoms with Gasteiger partial charge in [0.05, 0.1) is 12.6 Å². The molecule has 0 unspecified atom stereocenters. The van der Waals surface area contributed by atoms with Crippen LogP contribution in [0.5, 0.6) is 0 Å². The Hall–Kier alpha value is -3.43. The summed E-state index contributed by atoms with van der Waals surface area (Å²) in [4.78, 5) is 69.6. The molecule has 39 heavy (non-hydrogen) atoms. The van der Waals surface area contributed by atoms with E-state index in [2.05, 4.69) is 16.0 Å². The van der Waals surface area contributed by atoms with Crippen LogP contribution in [0.3, 0.4) is 0 Å². The van der Waals surface area contributed by atoms with Crippen molar-refractivity contribution in [2.24, 2.45) is 11.3 Å². The SMILES string of the molecule is CC(C)[C@@H]1NC(=O)[C@H]2CCCN2C(=O)[C@H](C)NC(=O)CN(C(=O)C(C)(C)C)C[C@H](Cc2ccccc2)NC1=O. The Bertz CT molecular complexity index is 1070. The molecule has 5 amide bonds. The number of carbonyl (C=O) groups excluding carboxylic acids is 5. The molecule has 10 heteroatoms. The molecule has 2 aliphatic rings. The monoisotopic (exact) mass is 541 g/mol. The van der Waals surface area contributed by atoms with E-state index >= 15 is 0 Å².